The van der Waals surface area contributed by atoms with Crippen LogP contribution >= 0.6 is 0 Å². The molecule has 1 N–H and O–H groups in total. The third-order valence-corrected chi connectivity index (χ3v) is 4.56. The van der Waals surface area contributed by atoms with E-state index in [9.17, 15) is 14.0 Å². The first-order valence-electron chi connectivity index (χ1n) is 9.83. The van der Waals surface area contributed by atoms with Gasteiger partial charge in [0, 0.05) is 30.3 Å². The normalized spacial score (nSPS) is 10.6. The van der Waals surface area contributed by atoms with Crippen molar-refractivity contribution < 1.29 is 13.9 Å². The number of anilines is 1. The molecule has 3 rings (SSSR count). The van der Waals surface area contributed by atoms with Gasteiger partial charge in [0.05, 0.1) is 12.3 Å². The van der Waals surface area contributed by atoms with Gasteiger partial charge in [0.2, 0.25) is 5.91 Å². The van der Waals surface area contributed by atoms with Crippen LogP contribution in [0.25, 0.3) is 11.3 Å². The number of hydrogen-bond donors (Lipinski definition) is 1. The second kappa shape index (κ2) is 9.82. The summed E-state index contributed by atoms with van der Waals surface area (Å²) in [5.74, 6) is 0.165. The number of nitrogens with one attached hydrogen (secondary N) is 1. The van der Waals surface area contributed by atoms with Crippen molar-refractivity contribution >= 4 is 11.6 Å². The van der Waals surface area contributed by atoms with E-state index in [1.165, 1.54) is 16.8 Å². The molecule has 0 bridgehead atoms. The number of amides is 1. The van der Waals surface area contributed by atoms with Crippen LogP contribution in [-0.2, 0) is 11.3 Å². The maximum absolute atomic E-state index is 13.6. The summed E-state index contributed by atoms with van der Waals surface area (Å²) in [7, 11) is 0. The van der Waals surface area contributed by atoms with Gasteiger partial charge in [-0.3, -0.25) is 9.59 Å². The third-order valence-electron chi connectivity index (χ3n) is 4.56. The molecule has 30 heavy (non-hydrogen) atoms. The van der Waals surface area contributed by atoms with Crippen LogP contribution in [0.4, 0.5) is 10.1 Å². The number of aryl methyl sites for hydroxylation is 2. The molecule has 0 saturated heterocycles. The highest BCUT2D eigenvalue weighted by Gasteiger charge is 2.07. The summed E-state index contributed by atoms with van der Waals surface area (Å²) in [6.07, 6.45) is 0.622. The van der Waals surface area contributed by atoms with E-state index in [0.29, 0.717) is 36.5 Å². The smallest absolute Gasteiger partial charge is 0.266 e. The van der Waals surface area contributed by atoms with E-state index < -0.39 is 0 Å². The summed E-state index contributed by atoms with van der Waals surface area (Å²) in [4.78, 5) is 24.2. The minimum atomic E-state index is -0.366. The first-order chi connectivity index (χ1) is 14.5. The molecular weight excluding hydrogens is 385 g/mol. The maximum atomic E-state index is 13.6. The van der Waals surface area contributed by atoms with E-state index >= 15 is 0 Å². The molecule has 6 nitrogen and oxygen atoms in total. The topological polar surface area (TPSA) is 73.2 Å². The lowest BCUT2D eigenvalue weighted by Gasteiger charge is -2.09. The Labute approximate surface area is 174 Å². The lowest BCUT2D eigenvalue weighted by Crippen LogP contribution is -2.23. The van der Waals surface area contributed by atoms with Gasteiger partial charge in [-0.25, -0.2) is 9.07 Å². The van der Waals surface area contributed by atoms with Crippen LogP contribution in [0.5, 0.6) is 5.75 Å². The zero-order valence-electron chi connectivity index (χ0n) is 17.0. The SMILES string of the molecule is CCOc1ccc(-c2ccc(=O)n(CCCC(=O)Nc3ccc(C)c(F)c3)n2)cc1. The first-order valence-corrected chi connectivity index (χ1v) is 9.83. The summed E-state index contributed by atoms with van der Waals surface area (Å²) in [6.45, 7) is 4.48. The Bertz CT molecular complexity index is 1080. The fraction of sp³-hybridized carbons (Fsp3) is 0.261. The molecule has 0 spiro atoms. The van der Waals surface area contributed by atoms with Crippen molar-refractivity contribution in [1.29, 1.82) is 0 Å². The highest BCUT2D eigenvalue weighted by molar-refractivity contribution is 5.90. The van der Waals surface area contributed by atoms with Crippen LogP contribution in [-0.4, -0.2) is 22.3 Å². The summed E-state index contributed by atoms with van der Waals surface area (Å²) in [6, 6.07) is 15.2. The zero-order valence-corrected chi connectivity index (χ0v) is 17.0. The minimum Gasteiger partial charge on any atom is -0.494 e. The van der Waals surface area contributed by atoms with Crippen molar-refractivity contribution in [1.82, 2.24) is 9.78 Å². The number of ether oxygens (including phenoxy) is 1. The van der Waals surface area contributed by atoms with Crippen LogP contribution in [0.2, 0.25) is 0 Å². The van der Waals surface area contributed by atoms with Gasteiger partial charge in [-0.1, -0.05) is 6.07 Å². The Morgan fingerprint density at radius 1 is 1.13 bits per heavy atom. The molecule has 0 aliphatic rings. The number of nitrogens with zero attached hydrogens (tertiary/aromatic N) is 2. The number of aromatic nitrogens is 2. The van der Waals surface area contributed by atoms with E-state index in [1.807, 2.05) is 31.2 Å². The Balaban J connectivity index is 1.59. The standard InChI is InChI=1S/C23H24FN3O3/c1-3-30-19-10-7-17(8-11-19)21-12-13-23(29)27(26-21)14-4-5-22(28)25-18-9-6-16(2)20(24)15-18/h6-13,15H,3-5,14H2,1-2H3,(H,25,28). The van der Waals surface area contributed by atoms with Gasteiger partial charge in [-0.2, -0.15) is 5.10 Å². The van der Waals surface area contributed by atoms with Gasteiger partial charge in [0.15, 0.2) is 0 Å². The minimum absolute atomic E-state index is 0.191. The lowest BCUT2D eigenvalue weighted by atomic mass is 10.1. The van der Waals surface area contributed by atoms with E-state index in [0.717, 1.165) is 11.3 Å². The van der Waals surface area contributed by atoms with E-state index in [-0.39, 0.29) is 23.7 Å². The van der Waals surface area contributed by atoms with Crippen LogP contribution in [0.3, 0.4) is 0 Å². The molecule has 1 amide bonds. The number of halogens is 1. The van der Waals surface area contributed by atoms with Gasteiger partial charge in [0.1, 0.15) is 11.6 Å². The number of carbonyl (C=O) groups is 1. The molecule has 0 unspecified atom stereocenters. The maximum Gasteiger partial charge on any atom is 0.266 e. The summed E-state index contributed by atoms with van der Waals surface area (Å²) in [5.41, 5.74) is 2.23. The molecule has 2 aromatic carbocycles. The molecule has 0 radical (unpaired) electrons. The molecule has 1 heterocycles. The molecule has 156 valence electrons. The van der Waals surface area contributed by atoms with Crippen molar-refractivity contribution in [2.75, 3.05) is 11.9 Å². The predicted octanol–water partition coefficient (Wildman–Crippen LogP) is 4.18. The second-order valence-electron chi connectivity index (χ2n) is 6.85. The molecule has 0 saturated carbocycles. The van der Waals surface area contributed by atoms with Crippen LogP contribution in [0.15, 0.2) is 59.4 Å². The lowest BCUT2D eigenvalue weighted by molar-refractivity contribution is -0.116. The Hall–Kier alpha value is -3.48. The summed E-state index contributed by atoms with van der Waals surface area (Å²) < 4.78 is 20.4. The third kappa shape index (κ3) is 5.53. The highest BCUT2D eigenvalue weighted by Crippen LogP contribution is 2.20. The molecule has 0 fully saturated rings. The summed E-state index contributed by atoms with van der Waals surface area (Å²) >= 11 is 0. The average molecular weight is 409 g/mol. The van der Waals surface area contributed by atoms with Crippen molar-refractivity contribution in [3.8, 4) is 17.0 Å². The fourth-order valence-corrected chi connectivity index (χ4v) is 2.94. The average Bonchev–Trinajstić information content (AvgIpc) is 2.73. The molecule has 3 aromatic rings. The van der Waals surface area contributed by atoms with Crippen molar-refractivity contribution in [2.45, 2.75) is 33.2 Å². The van der Waals surface area contributed by atoms with Crippen molar-refractivity contribution in [3.05, 3.63) is 76.3 Å². The molecule has 0 aliphatic heterocycles. The molecule has 0 atom stereocenters. The second-order valence-corrected chi connectivity index (χ2v) is 6.85. The van der Waals surface area contributed by atoms with Crippen molar-refractivity contribution in [2.24, 2.45) is 0 Å². The fourth-order valence-electron chi connectivity index (χ4n) is 2.94. The van der Waals surface area contributed by atoms with Gasteiger partial charge >= 0.3 is 0 Å². The largest absolute Gasteiger partial charge is 0.494 e. The highest BCUT2D eigenvalue weighted by atomic mass is 19.1. The van der Waals surface area contributed by atoms with Crippen molar-refractivity contribution in [3.63, 3.8) is 0 Å². The van der Waals surface area contributed by atoms with E-state index in [1.54, 1.807) is 25.1 Å². The number of rotatable bonds is 8. The number of hydrogen-bond acceptors (Lipinski definition) is 4. The number of carbonyl (C=O) groups excluding carboxylic acids is 1. The van der Waals surface area contributed by atoms with Crippen LogP contribution in [0.1, 0.15) is 25.3 Å². The Morgan fingerprint density at radius 2 is 1.90 bits per heavy atom. The van der Waals surface area contributed by atoms with Gasteiger partial charge < -0.3 is 10.1 Å². The molecular formula is C23H24FN3O3. The van der Waals surface area contributed by atoms with E-state index in [2.05, 4.69) is 10.4 Å². The monoisotopic (exact) mass is 409 g/mol. The van der Waals surface area contributed by atoms with Gasteiger partial charge in [-0.05, 0) is 68.3 Å². The first kappa shape index (κ1) is 21.2. The molecule has 7 heteroatoms. The zero-order chi connectivity index (χ0) is 21.5. The van der Waals surface area contributed by atoms with E-state index in [4.69, 9.17) is 4.74 Å². The van der Waals surface area contributed by atoms with Crippen LogP contribution < -0.4 is 15.6 Å². The Morgan fingerprint density at radius 3 is 2.60 bits per heavy atom. The van der Waals surface area contributed by atoms with Gasteiger partial charge in [-0.15, -0.1) is 0 Å². The number of benzene rings is 2. The predicted molar refractivity (Wildman–Crippen MR) is 114 cm³/mol. The van der Waals surface area contributed by atoms with Gasteiger partial charge in [0.25, 0.3) is 5.56 Å². The Kier molecular flexibility index (Phi) is 6.95. The van der Waals surface area contributed by atoms with Crippen LogP contribution in [0, 0.1) is 12.7 Å². The molecule has 1 aromatic heterocycles. The summed E-state index contributed by atoms with van der Waals surface area (Å²) in [5, 5.41) is 7.07. The quantitative estimate of drug-likeness (QED) is 0.606. The molecule has 0 aliphatic carbocycles.